The largest absolute Gasteiger partial charge is 0.384 e. The van der Waals surface area contributed by atoms with Crippen LogP contribution in [-0.2, 0) is 16.8 Å². The van der Waals surface area contributed by atoms with Crippen molar-refractivity contribution < 1.29 is 17.9 Å². The maximum Gasteiger partial charge on any atom is 0.277 e. The number of halogens is 1. The highest BCUT2D eigenvalue weighted by Crippen LogP contribution is 2.19. The minimum absolute atomic E-state index is 0.000831. The number of benzene rings is 1. The molecule has 1 saturated carbocycles. The van der Waals surface area contributed by atoms with Crippen LogP contribution < -0.4 is 9.44 Å². The molecule has 1 aliphatic rings. The summed E-state index contributed by atoms with van der Waals surface area (Å²) in [5.74, 6) is 4.59. The van der Waals surface area contributed by atoms with Crippen LogP contribution in [0.15, 0.2) is 18.2 Å². The van der Waals surface area contributed by atoms with Gasteiger partial charge in [0, 0.05) is 23.7 Å². The van der Waals surface area contributed by atoms with Crippen molar-refractivity contribution >= 4 is 10.2 Å². The average Bonchev–Trinajstić information content (AvgIpc) is 3.19. The molecule has 20 heavy (non-hydrogen) atoms. The first-order valence-corrected chi connectivity index (χ1v) is 7.63. The second-order valence-electron chi connectivity index (χ2n) is 4.48. The van der Waals surface area contributed by atoms with Gasteiger partial charge in [0.25, 0.3) is 10.2 Å². The molecule has 0 radical (unpaired) electrons. The Kier molecular flexibility index (Phi) is 4.73. The van der Waals surface area contributed by atoms with Crippen molar-refractivity contribution in [2.24, 2.45) is 0 Å². The van der Waals surface area contributed by atoms with Gasteiger partial charge in [-0.1, -0.05) is 11.8 Å². The number of aliphatic hydroxyl groups excluding tert-OH is 1. The van der Waals surface area contributed by atoms with Crippen LogP contribution in [0.1, 0.15) is 24.0 Å². The van der Waals surface area contributed by atoms with E-state index in [2.05, 4.69) is 21.3 Å². The average molecular weight is 298 g/mol. The van der Waals surface area contributed by atoms with E-state index in [0.717, 1.165) is 12.8 Å². The lowest BCUT2D eigenvalue weighted by molar-refractivity contribution is 0.350. The third-order valence-electron chi connectivity index (χ3n) is 2.71. The molecule has 1 fully saturated rings. The molecule has 0 unspecified atom stereocenters. The highest BCUT2D eigenvalue weighted by Gasteiger charge is 2.26. The molecule has 1 aliphatic carbocycles. The summed E-state index contributed by atoms with van der Waals surface area (Å²) in [5.41, 5.74) is 0.723. The van der Waals surface area contributed by atoms with Gasteiger partial charge in [0.15, 0.2) is 0 Å². The highest BCUT2D eigenvalue weighted by molar-refractivity contribution is 7.87. The van der Waals surface area contributed by atoms with Crippen molar-refractivity contribution in [3.63, 3.8) is 0 Å². The van der Waals surface area contributed by atoms with E-state index in [9.17, 15) is 12.8 Å². The van der Waals surface area contributed by atoms with Crippen molar-refractivity contribution in [1.29, 1.82) is 0 Å². The van der Waals surface area contributed by atoms with E-state index in [1.807, 2.05) is 0 Å². The molecule has 2 rings (SSSR count). The summed E-state index contributed by atoms with van der Waals surface area (Å²) in [5, 5.41) is 8.60. The van der Waals surface area contributed by atoms with E-state index >= 15 is 0 Å². The molecule has 0 saturated heterocycles. The van der Waals surface area contributed by atoms with Gasteiger partial charge in [-0.15, -0.1) is 0 Å². The maximum absolute atomic E-state index is 13.6. The SMILES string of the molecule is O=S(=O)(NCc1cc(C#CCO)ccc1F)NC1CC1. The van der Waals surface area contributed by atoms with Gasteiger partial charge in [0.1, 0.15) is 12.4 Å². The van der Waals surface area contributed by atoms with Gasteiger partial charge in [-0.05, 0) is 31.0 Å². The number of aliphatic hydroxyl groups is 1. The summed E-state index contributed by atoms with van der Waals surface area (Å²) in [7, 11) is -3.61. The highest BCUT2D eigenvalue weighted by atomic mass is 32.2. The molecule has 1 aromatic carbocycles. The fraction of sp³-hybridized carbons (Fsp3) is 0.385. The number of nitrogens with one attached hydrogen (secondary N) is 2. The number of hydrogen-bond donors (Lipinski definition) is 3. The van der Waals surface area contributed by atoms with Crippen LogP contribution in [0.5, 0.6) is 0 Å². The third-order valence-corrected chi connectivity index (χ3v) is 3.88. The van der Waals surface area contributed by atoms with E-state index in [0.29, 0.717) is 5.56 Å². The lowest BCUT2D eigenvalue weighted by Gasteiger charge is -2.08. The van der Waals surface area contributed by atoms with Gasteiger partial charge in [0.05, 0.1) is 0 Å². The van der Waals surface area contributed by atoms with Gasteiger partial charge in [-0.25, -0.2) is 4.39 Å². The summed E-state index contributed by atoms with van der Waals surface area (Å²) >= 11 is 0. The molecule has 3 N–H and O–H groups in total. The monoisotopic (exact) mass is 298 g/mol. The molecule has 0 amide bonds. The Labute approximate surface area is 117 Å². The first kappa shape index (κ1) is 14.9. The smallest absolute Gasteiger partial charge is 0.277 e. The molecule has 5 nitrogen and oxygen atoms in total. The lowest BCUT2D eigenvalue weighted by atomic mass is 10.1. The summed E-state index contributed by atoms with van der Waals surface area (Å²) in [4.78, 5) is 0. The molecular weight excluding hydrogens is 283 g/mol. The zero-order valence-corrected chi connectivity index (χ0v) is 11.5. The summed E-state index contributed by atoms with van der Waals surface area (Å²) in [6, 6.07) is 4.15. The molecule has 0 spiro atoms. The zero-order chi connectivity index (χ0) is 14.6. The van der Waals surface area contributed by atoms with E-state index in [4.69, 9.17) is 5.11 Å². The third kappa shape index (κ3) is 4.58. The van der Waals surface area contributed by atoms with Crippen LogP contribution in [0, 0.1) is 17.7 Å². The second kappa shape index (κ2) is 6.33. The molecule has 1 aromatic rings. The fourth-order valence-electron chi connectivity index (χ4n) is 1.56. The van der Waals surface area contributed by atoms with Crippen molar-refractivity contribution in [3.8, 4) is 11.8 Å². The van der Waals surface area contributed by atoms with E-state index in [-0.39, 0.29) is 24.8 Å². The molecule has 0 heterocycles. The van der Waals surface area contributed by atoms with E-state index < -0.39 is 16.0 Å². The van der Waals surface area contributed by atoms with Crippen molar-refractivity contribution in [2.75, 3.05) is 6.61 Å². The standard InChI is InChI=1S/C13H15FN2O3S/c14-13-6-3-10(2-1-7-17)8-11(13)9-15-20(18,19)16-12-4-5-12/h3,6,8,12,15-17H,4-5,7,9H2. The van der Waals surface area contributed by atoms with Crippen molar-refractivity contribution in [3.05, 3.63) is 35.1 Å². The van der Waals surface area contributed by atoms with Crippen molar-refractivity contribution in [2.45, 2.75) is 25.4 Å². The Morgan fingerprint density at radius 2 is 2.15 bits per heavy atom. The summed E-state index contributed by atoms with van der Waals surface area (Å²) in [6.07, 6.45) is 1.67. The maximum atomic E-state index is 13.6. The molecule has 0 aliphatic heterocycles. The molecule has 0 atom stereocenters. The predicted octanol–water partition coefficient (Wildman–Crippen LogP) is 0.256. The second-order valence-corrected chi connectivity index (χ2v) is 6.01. The van der Waals surface area contributed by atoms with Crippen LogP contribution >= 0.6 is 0 Å². The zero-order valence-electron chi connectivity index (χ0n) is 10.7. The molecule has 108 valence electrons. The Hall–Kier alpha value is -1.46. The van der Waals surface area contributed by atoms with Crippen LogP contribution in [0.2, 0.25) is 0 Å². The Morgan fingerprint density at radius 1 is 1.40 bits per heavy atom. The van der Waals surface area contributed by atoms with Crippen LogP contribution in [0.4, 0.5) is 4.39 Å². The Morgan fingerprint density at radius 3 is 2.80 bits per heavy atom. The number of rotatable bonds is 5. The first-order chi connectivity index (χ1) is 9.50. The van der Waals surface area contributed by atoms with Crippen LogP contribution in [-0.4, -0.2) is 26.2 Å². The minimum Gasteiger partial charge on any atom is -0.384 e. The summed E-state index contributed by atoms with van der Waals surface area (Å²) < 4.78 is 41.6. The normalized spacial score (nSPS) is 14.7. The first-order valence-electron chi connectivity index (χ1n) is 6.15. The minimum atomic E-state index is -3.61. The van der Waals surface area contributed by atoms with Gasteiger partial charge in [-0.3, -0.25) is 0 Å². The lowest BCUT2D eigenvalue weighted by Crippen LogP contribution is -2.37. The molecule has 0 bridgehead atoms. The van der Waals surface area contributed by atoms with Gasteiger partial charge >= 0.3 is 0 Å². The van der Waals surface area contributed by atoms with Gasteiger partial charge in [-0.2, -0.15) is 17.9 Å². The molecular formula is C13H15FN2O3S. The quantitative estimate of drug-likeness (QED) is 0.682. The summed E-state index contributed by atoms with van der Waals surface area (Å²) in [6.45, 7) is -0.437. The fourth-order valence-corrected chi connectivity index (χ4v) is 2.67. The Balaban J connectivity index is 2.04. The van der Waals surface area contributed by atoms with E-state index in [1.165, 1.54) is 18.2 Å². The van der Waals surface area contributed by atoms with E-state index in [1.54, 1.807) is 0 Å². The molecule has 0 aromatic heterocycles. The van der Waals surface area contributed by atoms with Gasteiger partial charge in [0.2, 0.25) is 0 Å². The molecule has 7 heteroatoms. The Bertz CT molecular complexity index is 645. The van der Waals surface area contributed by atoms with Gasteiger partial charge < -0.3 is 5.11 Å². The van der Waals surface area contributed by atoms with Crippen LogP contribution in [0.25, 0.3) is 0 Å². The number of hydrogen-bond acceptors (Lipinski definition) is 3. The van der Waals surface area contributed by atoms with Crippen molar-refractivity contribution in [1.82, 2.24) is 9.44 Å². The van der Waals surface area contributed by atoms with Crippen LogP contribution in [0.3, 0.4) is 0 Å². The predicted molar refractivity (Wildman–Crippen MR) is 72.3 cm³/mol. The topological polar surface area (TPSA) is 78.4 Å².